The Balaban J connectivity index is 2.69. The first kappa shape index (κ1) is 5.22. The summed E-state index contributed by atoms with van der Waals surface area (Å²) in [6.45, 7) is 2.04. The molecule has 0 aliphatic carbocycles. The lowest BCUT2D eigenvalue weighted by atomic mass is 10.2. The van der Waals surface area contributed by atoms with Gasteiger partial charge in [-0.15, -0.1) is 0 Å². The second-order valence-corrected chi connectivity index (χ2v) is 1.78. The van der Waals surface area contributed by atoms with Gasteiger partial charge < -0.3 is 0 Å². The highest BCUT2D eigenvalue weighted by atomic mass is 14.8. The van der Waals surface area contributed by atoms with Crippen molar-refractivity contribution in [2.45, 2.75) is 13.3 Å². The van der Waals surface area contributed by atoms with Crippen molar-refractivity contribution in [1.29, 1.82) is 0 Å². The van der Waals surface area contributed by atoms with Crippen LogP contribution in [-0.2, 0) is 0 Å². The Hall–Kier alpha value is -0.920. The van der Waals surface area contributed by atoms with E-state index in [0.29, 0.717) is 0 Å². The van der Waals surface area contributed by atoms with Crippen molar-refractivity contribution in [1.82, 2.24) is 0 Å². The van der Waals surface area contributed by atoms with E-state index in [1.807, 2.05) is 19.3 Å². The van der Waals surface area contributed by atoms with E-state index in [-0.39, 0.29) is 0 Å². The van der Waals surface area contributed by atoms with Gasteiger partial charge in [0, 0.05) is 18.8 Å². The van der Waals surface area contributed by atoms with Crippen LogP contribution in [0.15, 0.2) is 21.8 Å². The molecule has 0 saturated carbocycles. The van der Waals surface area contributed by atoms with Crippen molar-refractivity contribution in [2.24, 2.45) is 9.98 Å². The number of allylic oxidation sites excluding steroid dienone is 1. The highest BCUT2D eigenvalue weighted by molar-refractivity contribution is 5.75. The van der Waals surface area contributed by atoms with Gasteiger partial charge in [0.15, 0.2) is 0 Å². The van der Waals surface area contributed by atoms with Crippen molar-refractivity contribution >= 4 is 12.6 Å². The molecule has 0 aromatic carbocycles. The quantitative estimate of drug-likeness (QED) is 0.448. The Morgan fingerprint density at radius 3 is 3.25 bits per heavy atom. The topological polar surface area (TPSA) is 24.7 Å². The third-order valence-electron chi connectivity index (χ3n) is 0.947. The van der Waals surface area contributed by atoms with E-state index in [9.17, 15) is 0 Å². The molecule has 0 spiro atoms. The molecule has 2 heteroatoms. The van der Waals surface area contributed by atoms with Crippen LogP contribution in [-0.4, -0.2) is 12.6 Å². The Morgan fingerprint density at radius 1 is 1.50 bits per heavy atom. The molecule has 0 N–H and O–H groups in total. The molecule has 0 bridgehead atoms. The van der Waals surface area contributed by atoms with Crippen LogP contribution < -0.4 is 0 Å². The maximum absolute atomic E-state index is 3.87. The van der Waals surface area contributed by atoms with Gasteiger partial charge in [-0.25, -0.2) is 9.98 Å². The summed E-state index contributed by atoms with van der Waals surface area (Å²) < 4.78 is 0. The Labute approximate surface area is 48.7 Å². The zero-order valence-electron chi connectivity index (χ0n) is 4.83. The van der Waals surface area contributed by atoms with E-state index in [0.717, 1.165) is 6.42 Å². The van der Waals surface area contributed by atoms with Crippen LogP contribution >= 0.6 is 0 Å². The summed E-state index contributed by atoms with van der Waals surface area (Å²) in [5.41, 5.74) is 1.25. The van der Waals surface area contributed by atoms with Gasteiger partial charge in [0.25, 0.3) is 0 Å². The molecule has 0 aromatic heterocycles. The van der Waals surface area contributed by atoms with Crippen LogP contribution in [0.2, 0.25) is 0 Å². The third-order valence-corrected chi connectivity index (χ3v) is 0.947. The fraction of sp³-hybridized carbons (Fsp3) is 0.333. The van der Waals surface area contributed by atoms with Crippen molar-refractivity contribution < 1.29 is 0 Å². The van der Waals surface area contributed by atoms with Gasteiger partial charge in [-0.1, -0.05) is 0 Å². The van der Waals surface area contributed by atoms with Gasteiger partial charge in [-0.05, 0) is 12.5 Å². The fourth-order valence-corrected chi connectivity index (χ4v) is 0.496. The Morgan fingerprint density at radius 2 is 2.38 bits per heavy atom. The van der Waals surface area contributed by atoms with Crippen LogP contribution in [0.3, 0.4) is 0 Å². The predicted octanol–water partition coefficient (Wildman–Crippen LogP) is 1.39. The molecule has 1 aliphatic rings. The van der Waals surface area contributed by atoms with Crippen molar-refractivity contribution in [3.8, 4) is 0 Å². The summed E-state index contributed by atoms with van der Waals surface area (Å²) in [4.78, 5) is 7.72. The van der Waals surface area contributed by atoms with Crippen LogP contribution in [0.5, 0.6) is 0 Å². The standard InChI is InChI=1S/C6H8N2/c1-6-2-3-7-5-8-4-6/h3-5H,2H2,1H3. The van der Waals surface area contributed by atoms with Gasteiger partial charge in [0.2, 0.25) is 0 Å². The molecular weight excluding hydrogens is 100 g/mol. The fourth-order valence-electron chi connectivity index (χ4n) is 0.496. The molecule has 0 fully saturated rings. The third kappa shape index (κ3) is 1.30. The number of nitrogens with zero attached hydrogens (tertiary/aromatic N) is 2. The molecule has 1 rings (SSSR count). The predicted molar refractivity (Wildman–Crippen MR) is 35.4 cm³/mol. The summed E-state index contributed by atoms with van der Waals surface area (Å²) >= 11 is 0. The first-order valence-electron chi connectivity index (χ1n) is 2.58. The van der Waals surface area contributed by atoms with Gasteiger partial charge in [0.1, 0.15) is 6.34 Å². The van der Waals surface area contributed by atoms with E-state index in [2.05, 4.69) is 9.98 Å². The van der Waals surface area contributed by atoms with Crippen molar-refractivity contribution in [3.05, 3.63) is 11.8 Å². The summed E-state index contributed by atoms with van der Waals surface area (Å²) in [7, 11) is 0. The molecule has 8 heavy (non-hydrogen) atoms. The molecule has 0 radical (unpaired) electrons. The molecule has 0 aromatic rings. The molecule has 1 aliphatic heterocycles. The maximum Gasteiger partial charge on any atom is 0.114 e. The summed E-state index contributed by atoms with van der Waals surface area (Å²) in [5.74, 6) is 0. The van der Waals surface area contributed by atoms with Gasteiger partial charge in [0.05, 0.1) is 0 Å². The lowest BCUT2D eigenvalue weighted by Gasteiger charge is -1.84. The normalized spacial score (nSPS) is 17.9. The molecule has 0 atom stereocenters. The lowest BCUT2D eigenvalue weighted by molar-refractivity contribution is 1.27. The number of hydrogen-bond acceptors (Lipinski definition) is 2. The molecule has 0 amide bonds. The van der Waals surface area contributed by atoms with E-state index < -0.39 is 0 Å². The first-order valence-corrected chi connectivity index (χ1v) is 2.58. The van der Waals surface area contributed by atoms with Crippen LogP contribution in [0.25, 0.3) is 0 Å². The van der Waals surface area contributed by atoms with Crippen LogP contribution in [0.4, 0.5) is 0 Å². The van der Waals surface area contributed by atoms with Gasteiger partial charge >= 0.3 is 0 Å². The second-order valence-electron chi connectivity index (χ2n) is 1.78. The first-order chi connectivity index (χ1) is 3.89. The van der Waals surface area contributed by atoms with Crippen molar-refractivity contribution in [2.75, 3.05) is 0 Å². The minimum absolute atomic E-state index is 0.931. The highest BCUT2D eigenvalue weighted by Crippen LogP contribution is 1.98. The van der Waals surface area contributed by atoms with E-state index >= 15 is 0 Å². The molecule has 1 heterocycles. The zero-order chi connectivity index (χ0) is 5.82. The molecular formula is C6H8N2. The Bertz CT molecular complexity index is 154. The van der Waals surface area contributed by atoms with Crippen LogP contribution in [0.1, 0.15) is 13.3 Å². The van der Waals surface area contributed by atoms with E-state index in [1.165, 1.54) is 5.57 Å². The average molecular weight is 108 g/mol. The zero-order valence-corrected chi connectivity index (χ0v) is 4.83. The maximum atomic E-state index is 3.87. The number of hydrogen-bond donors (Lipinski definition) is 0. The average Bonchev–Trinajstić information content (AvgIpc) is 1.94. The summed E-state index contributed by atoms with van der Waals surface area (Å²) in [6, 6.07) is 0. The van der Waals surface area contributed by atoms with Crippen molar-refractivity contribution in [3.63, 3.8) is 0 Å². The molecule has 0 saturated heterocycles. The van der Waals surface area contributed by atoms with Gasteiger partial charge in [-0.3, -0.25) is 0 Å². The molecule has 2 nitrogen and oxygen atoms in total. The minimum atomic E-state index is 0.931. The summed E-state index contributed by atoms with van der Waals surface area (Å²) in [6.07, 6.45) is 6.16. The minimum Gasteiger partial charge on any atom is -0.249 e. The number of rotatable bonds is 0. The molecule has 42 valence electrons. The SMILES string of the molecule is CC1=CN=CN=CC1. The van der Waals surface area contributed by atoms with E-state index in [1.54, 1.807) is 6.34 Å². The highest BCUT2D eigenvalue weighted by Gasteiger charge is 1.85. The van der Waals surface area contributed by atoms with E-state index in [4.69, 9.17) is 0 Å². The lowest BCUT2D eigenvalue weighted by Crippen LogP contribution is -1.73. The van der Waals surface area contributed by atoms with Crippen LogP contribution in [0, 0.1) is 0 Å². The monoisotopic (exact) mass is 108 g/mol. The van der Waals surface area contributed by atoms with Gasteiger partial charge in [-0.2, -0.15) is 0 Å². The smallest absolute Gasteiger partial charge is 0.114 e. The summed E-state index contributed by atoms with van der Waals surface area (Å²) in [5, 5.41) is 0. The number of aliphatic imine (C=N–C) groups is 2. The Kier molecular flexibility index (Phi) is 1.57. The second kappa shape index (κ2) is 2.40. The molecule has 0 unspecified atom stereocenters. The largest absolute Gasteiger partial charge is 0.249 e.